The number of rotatable bonds is 7. The first kappa shape index (κ1) is 17.4. The molecule has 1 aliphatic heterocycles. The van der Waals surface area contributed by atoms with Crippen LogP contribution in [0.1, 0.15) is 45.1 Å². The Morgan fingerprint density at radius 1 is 1.25 bits per heavy atom. The Labute approximate surface area is 146 Å². The molecule has 2 atom stereocenters. The number of nitrogens with zero attached hydrogens (tertiary/aromatic N) is 2. The molecule has 1 heterocycles. The van der Waals surface area contributed by atoms with Crippen molar-refractivity contribution in [3.63, 3.8) is 0 Å². The van der Waals surface area contributed by atoms with E-state index in [1.165, 1.54) is 18.4 Å². The first-order valence-corrected chi connectivity index (χ1v) is 9.40. The number of carbonyl (C=O) groups is 1. The highest BCUT2D eigenvalue weighted by Gasteiger charge is 2.37. The molecule has 24 heavy (non-hydrogen) atoms. The molecule has 1 aliphatic carbocycles. The van der Waals surface area contributed by atoms with Crippen molar-refractivity contribution in [3.05, 3.63) is 35.9 Å². The highest BCUT2D eigenvalue weighted by molar-refractivity contribution is 5.82. The number of hydrogen-bond donors (Lipinski definition) is 1. The molecule has 0 bridgehead atoms. The maximum absolute atomic E-state index is 12.7. The summed E-state index contributed by atoms with van der Waals surface area (Å²) in [4.78, 5) is 17.3. The van der Waals surface area contributed by atoms with Gasteiger partial charge in [-0.1, -0.05) is 44.2 Å². The largest absolute Gasteiger partial charge is 0.337 e. The second kappa shape index (κ2) is 7.66. The van der Waals surface area contributed by atoms with Gasteiger partial charge in [0, 0.05) is 31.7 Å². The number of carbonyl (C=O) groups excluding carboxylic acids is 1. The van der Waals surface area contributed by atoms with Crippen LogP contribution in [0.15, 0.2) is 30.3 Å². The molecule has 3 rings (SSSR count). The smallest absolute Gasteiger partial charge is 0.240 e. The molecule has 1 aromatic carbocycles. The third-order valence-electron chi connectivity index (χ3n) is 5.40. The molecular weight excluding hydrogens is 298 g/mol. The van der Waals surface area contributed by atoms with E-state index in [2.05, 4.69) is 40.1 Å². The number of nitrogens with two attached hydrogens (primary N) is 1. The minimum absolute atomic E-state index is 0.142. The van der Waals surface area contributed by atoms with E-state index in [0.29, 0.717) is 12.1 Å². The highest BCUT2D eigenvalue weighted by atomic mass is 16.2. The maximum Gasteiger partial charge on any atom is 0.240 e. The maximum atomic E-state index is 12.7. The van der Waals surface area contributed by atoms with E-state index in [1.54, 1.807) is 0 Å². The average molecular weight is 329 g/mol. The third-order valence-corrected chi connectivity index (χ3v) is 5.40. The molecule has 132 valence electrons. The fourth-order valence-corrected chi connectivity index (χ4v) is 3.66. The standard InChI is InChI=1S/C20H31N3O/c1-15(2)19(21)20(24)23-12-6-9-18(23)14-22(17-10-11-17)13-16-7-4-3-5-8-16/h3-5,7-8,15,17-19H,6,9-14,21H2,1-2H3/t18-,19?/m0/s1. The molecular formula is C20H31N3O. The normalized spacial score (nSPS) is 22.4. The summed E-state index contributed by atoms with van der Waals surface area (Å²) in [6, 6.07) is 11.3. The molecule has 2 fully saturated rings. The first-order chi connectivity index (χ1) is 11.6. The van der Waals surface area contributed by atoms with E-state index in [0.717, 1.165) is 32.5 Å². The van der Waals surface area contributed by atoms with Crippen molar-refractivity contribution in [1.82, 2.24) is 9.80 Å². The summed E-state index contributed by atoms with van der Waals surface area (Å²) in [5.74, 6) is 0.338. The van der Waals surface area contributed by atoms with Gasteiger partial charge in [-0.25, -0.2) is 0 Å². The van der Waals surface area contributed by atoms with E-state index in [9.17, 15) is 4.79 Å². The fourth-order valence-electron chi connectivity index (χ4n) is 3.66. The van der Waals surface area contributed by atoms with Crippen LogP contribution in [-0.2, 0) is 11.3 Å². The van der Waals surface area contributed by atoms with Gasteiger partial charge >= 0.3 is 0 Å². The van der Waals surface area contributed by atoms with Crippen LogP contribution in [0.25, 0.3) is 0 Å². The number of hydrogen-bond acceptors (Lipinski definition) is 3. The van der Waals surface area contributed by atoms with Crippen LogP contribution in [0.4, 0.5) is 0 Å². The number of amides is 1. The van der Waals surface area contributed by atoms with E-state index >= 15 is 0 Å². The zero-order chi connectivity index (χ0) is 17.1. The lowest BCUT2D eigenvalue weighted by Crippen LogP contribution is -2.51. The van der Waals surface area contributed by atoms with Crippen LogP contribution in [0.2, 0.25) is 0 Å². The molecule has 4 nitrogen and oxygen atoms in total. The topological polar surface area (TPSA) is 49.6 Å². The molecule has 2 N–H and O–H groups in total. The second-order valence-corrected chi connectivity index (χ2v) is 7.74. The van der Waals surface area contributed by atoms with E-state index < -0.39 is 0 Å². The molecule has 0 spiro atoms. The molecule has 4 heteroatoms. The number of benzene rings is 1. The van der Waals surface area contributed by atoms with Gasteiger partial charge in [-0.3, -0.25) is 9.69 Å². The average Bonchev–Trinajstić information content (AvgIpc) is 3.33. The van der Waals surface area contributed by atoms with Gasteiger partial charge in [-0.2, -0.15) is 0 Å². The molecule has 1 saturated carbocycles. The summed E-state index contributed by atoms with van der Waals surface area (Å²) in [7, 11) is 0. The lowest BCUT2D eigenvalue weighted by atomic mass is 10.0. The lowest BCUT2D eigenvalue weighted by molar-refractivity contribution is -0.134. The van der Waals surface area contributed by atoms with Crippen molar-refractivity contribution in [2.45, 2.75) is 64.2 Å². The summed E-state index contributed by atoms with van der Waals surface area (Å²) < 4.78 is 0. The quantitative estimate of drug-likeness (QED) is 0.836. The van der Waals surface area contributed by atoms with Gasteiger partial charge in [0.1, 0.15) is 0 Å². The van der Waals surface area contributed by atoms with Crippen LogP contribution in [0.3, 0.4) is 0 Å². The van der Waals surface area contributed by atoms with E-state index in [-0.39, 0.29) is 17.9 Å². The zero-order valence-electron chi connectivity index (χ0n) is 15.0. The van der Waals surface area contributed by atoms with Gasteiger partial charge in [0.25, 0.3) is 0 Å². The summed E-state index contributed by atoms with van der Waals surface area (Å²) in [5.41, 5.74) is 7.48. The zero-order valence-corrected chi connectivity index (χ0v) is 15.0. The van der Waals surface area contributed by atoms with Crippen molar-refractivity contribution >= 4 is 5.91 Å². The van der Waals surface area contributed by atoms with Gasteiger partial charge in [-0.15, -0.1) is 0 Å². The summed E-state index contributed by atoms with van der Waals surface area (Å²) in [6.45, 7) is 6.89. The Balaban J connectivity index is 1.64. The minimum atomic E-state index is -0.367. The van der Waals surface area contributed by atoms with Crippen LogP contribution in [-0.4, -0.2) is 46.9 Å². The van der Waals surface area contributed by atoms with Gasteiger partial charge in [0.2, 0.25) is 5.91 Å². The highest BCUT2D eigenvalue weighted by Crippen LogP contribution is 2.30. The van der Waals surface area contributed by atoms with Gasteiger partial charge in [0.05, 0.1) is 6.04 Å². The Kier molecular flexibility index (Phi) is 5.57. The molecule has 2 aliphatic rings. The van der Waals surface area contributed by atoms with E-state index in [1.807, 2.05) is 13.8 Å². The predicted octanol–water partition coefficient (Wildman–Crippen LogP) is 2.63. The summed E-state index contributed by atoms with van der Waals surface area (Å²) in [6.07, 6.45) is 4.79. The van der Waals surface area contributed by atoms with E-state index in [4.69, 9.17) is 5.73 Å². The van der Waals surface area contributed by atoms with Crippen molar-refractivity contribution in [1.29, 1.82) is 0 Å². The summed E-state index contributed by atoms with van der Waals surface area (Å²) >= 11 is 0. The van der Waals surface area contributed by atoms with Crippen LogP contribution in [0, 0.1) is 5.92 Å². The van der Waals surface area contributed by atoms with Crippen molar-refractivity contribution < 1.29 is 4.79 Å². The Morgan fingerprint density at radius 3 is 2.58 bits per heavy atom. The predicted molar refractivity (Wildman–Crippen MR) is 97.4 cm³/mol. The van der Waals surface area contributed by atoms with Crippen molar-refractivity contribution in [3.8, 4) is 0 Å². The SMILES string of the molecule is CC(C)C(N)C(=O)N1CCC[C@H]1CN(Cc1ccccc1)C1CC1. The molecule has 0 radical (unpaired) electrons. The van der Waals surface area contributed by atoms with Crippen LogP contribution < -0.4 is 5.73 Å². The first-order valence-electron chi connectivity index (χ1n) is 9.40. The molecule has 1 aromatic rings. The van der Waals surface area contributed by atoms with Gasteiger partial charge in [0.15, 0.2) is 0 Å². The summed E-state index contributed by atoms with van der Waals surface area (Å²) in [5, 5.41) is 0. The monoisotopic (exact) mass is 329 g/mol. The number of likely N-dealkylation sites (tertiary alicyclic amines) is 1. The second-order valence-electron chi connectivity index (χ2n) is 7.74. The fraction of sp³-hybridized carbons (Fsp3) is 0.650. The molecule has 0 aromatic heterocycles. The van der Waals surface area contributed by atoms with Gasteiger partial charge in [-0.05, 0) is 37.2 Å². The van der Waals surface area contributed by atoms with Crippen LogP contribution in [0.5, 0.6) is 0 Å². The van der Waals surface area contributed by atoms with Crippen molar-refractivity contribution in [2.24, 2.45) is 11.7 Å². The van der Waals surface area contributed by atoms with Crippen molar-refractivity contribution in [2.75, 3.05) is 13.1 Å². The molecule has 1 saturated heterocycles. The lowest BCUT2D eigenvalue weighted by Gasteiger charge is -2.33. The molecule has 1 unspecified atom stereocenters. The van der Waals surface area contributed by atoms with Gasteiger partial charge < -0.3 is 10.6 Å². The third kappa shape index (κ3) is 4.17. The minimum Gasteiger partial charge on any atom is -0.337 e. The van der Waals surface area contributed by atoms with Crippen LogP contribution >= 0.6 is 0 Å². The Bertz CT molecular complexity index is 541. The Morgan fingerprint density at radius 2 is 1.96 bits per heavy atom. The Hall–Kier alpha value is -1.39. The molecule has 1 amide bonds.